The molecule has 0 unspecified atom stereocenters. The van der Waals surface area contributed by atoms with Crippen LogP contribution in [0.5, 0.6) is 5.75 Å². The average Bonchev–Trinajstić information content (AvgIpc) is 2.66. The zero-order valence-corrected chi connectivity index (χ0v) is 15.7. The van der Waals surface area contributed by atoms with Gasteiger partial charge in [0.25, 0.3) is 5.91 Å². The van der Waals surface area contributed by atoms with Gasteiger partial charge in [-0.15, -0.1) is 0 Å². The number of hydrogen-bond acceptors (Lipinski definition) is 6. The fourth-order valence-corrected chi connectivity index (χ4v) is 2.35. The summed E-state index contributed by atoms with van der Waals surface area (Å²) in [7, 11) is 5.67. The molecule has 26 heavy (non-hydrogen) atoms. The number of anilines is 1. The van der Waals surface area contributed by atoms with Crippen LogP contribution in [-0.4, -0.2) is 61.6 Å². The van der Waals surface area contributed by atoms with Crippen molar-refractivity contribution in [2.24, 2.45) is 0 Å². The van der Waals surface area contributed by atoms with Gasteiger partial charge in [0.1, 0.15) is 5.75 Å². The summed E-state index contributed by atoms with van der Waals surface area (Å²) in [5.74, 6) is 1.22. The summed E-state index contributed by atoms with van der Waals surface area (Å²) in [4.78, 5) is 22.5. The van der Waals surface area contributed by atoms with E-state index in [1.165, 1.54) is 5.56 Å². The van der Waals surface area contributed by atoms with Crippen LogP contribution in [0.4, 0.5) is 5.95 Å². The van der Waals surface area contributed by atoms with E-state index in [4.69, 9.17) is 4.74 Å². The van der Waals surface area contributed by atoms with Gasteiger partial charge in [-0.3, -0.25) is 4.79 Å². The summed E-state index contributed by atoms with van der Waals surface area (Å²) in [6.07, 6.45) is 4.85. The number of rotatable bonds is 10. The van der Waals surface area contributed by atoms with E-state index >= 15 is 0 Å². The lowest BCUT2D eigenvalue weighted by atomic mass is 10.1. The van der Waals surface area contributed by atoms with E-state index in [1.807, 2.05) is 38.4 Å². The van der Waals surface area contributed by atoms with E-state index in [0.29, 0.717) is 24.6 Å². The third kappa shape index (κ3) is 6.68. The molecule has 1 amide bonds. The number of nitrogens with one attached hydrogen (secondary N) is 2. The summed E-state index contributed by atoms with van der Waals surface area (Å²) in [5.41, 5.74) is 1.67. The standard InChI is InChI=1S/C19H27N5O2/c1-24(2)12-4-10-20-18(25)16-13-22-19(23-14-16)21-11-9-15-5-7-17(26-3)8-6-15/h5-8,13-14H,4,9-12H2,1-3H3,(H,20,25)(H,21,22,23). The molecule has 0 aliphatic carbocycles. The highest BCUT2D eigenvalue weighted by Crippen LogP contribution is 2.11. The van der Waals surface area contributed by atoms with Gasteiger partial charge in [0.05, 0.1) is 12.7 Å². The number of aromatic nitrogens is 2. The Bertz CT molecular complexity index is 671. The summed E-state index contributed by atoms with van der Waals surface area (Å²) in [6.45, 7) is 2.29. The fraction of sp³-hybridized carbons (Fsp3) is 0.421. The van der Waals surface area contributed by atoms with Crippen LogP contribution >= 0.6 is 0 Å². The van der Waals surface area contributed by atoms with Crippen LogP contribution in [0.15, 0.2) is 36.7 Å². The monoisotopic (exact) mass is 357 g/mol. The number of ether oxygens (including phenoxy) is 1. The topological polar surface area (TPSA) is 79.4 Å². The van der Waals surface area contributed by atoms with Crippen LogP contribution in [0.1, 0.15) is 22.3 Å². The number of benzene rings is 1. The Morgan fingerprint density at radius 3 is 2.42 bits per heavy atom. The molecule has 1 aromatic heterocycles. The van der Waals surface area contributed by atoms with E-state index in [9.17, 15) is 4.79 Å². The molecule has 1 heterocycles. The Balaban J connectivity index is 1.73. The quantitative estimate of drug-likeness (QED) is 0.632. The predicted octanol–water partition coefficient (Wildman–Crippen LogP) is 1.82. The highest BCUT2D eigenvalue weighted by molar-refractivity contribution is 5.93. The van der Waals surface area contributed by atoms with Gasteiger partial charge in [-0.05, 0) is 51.2 Å². The molecule has 2 aromatic rings. The van der Waals surface area contributed by atoms with Crippen LogP contribution in [0.2, 0.25) is 0 Å². The molecule has 0 spiro atoms. The van der Waals surface area contributed by atoms with Crippen molar-refractivity contribution in [3.05, 3.63) is 47.8 Å². The molecule has 1 aromatic carbocycles. The molecule has 0 atom stereocenters. The summed E-state index contributed by atoms with van der Waals surface area (Å²) in [5, 5.41) is 6.03. The van der Waals surface area contributed by atoms with Gasteiger partial charge in [0, 0.05) is 25.5 Å². The predicted molar refractivity (Wildman–Crippen MR) is 103 cm³/mol. The van der Waals surface area contributed by atoms with E-state index in [1.54, 1.807) is 19.5 Å². The molecule has 7 nitrogen and oxygen atoms in total. The van der Waals surface area contributed by atoms with Crippen molar-refractivity contribution in [3.8, 4) is 5.75 Å². The van der Waals surface area contributed by atoms with Crippen LogP contribution in [0, 0.1) is 0 Å². The first-order valence-electron chi connectivity index (χ1n) is 8.70. The van der Waals surface area contributed by atoms with Crippen LogP contribution in [0.3, 0.4) is 0 Å². The molecule has 2 rings (SSSR count). The molecule has 2 N–H and O–H groups in total. The molecule has 140 valence electrons. The zero-order chi connectivity index (χ0) is 18.8. The first-order chi connectivity index (χ1) is 12.6. The van der Waals surface area contributed by atoms with Gasteiger partial charge in [-0.1, -0.05) is 12.1 Å². The van der Waals surface area contributed by atoms with Crippen molar-refractivity contribution >= 4 is 11.9 Å². The second kappa shape index (κ2) is 10.4. The molecule has 0 saturated heterocycles. The minimum atomic E-state index is -0.145. The van der Waals surface area contributed by atoms with E-state index in [0.717, 1.165) is 25.1 Å². The van der Waals surface area contributed by atoms with E-state index in [2.05, 4.69) is 25.5 Å². The SMILES string of the molecule is COc1ccc(CCNc2ncc(C(=O)NCCCN(C)C)cn2)cc1. The van der Waals surface area contributed by atoms with Gasteiger partial charge in [0.2, 0.25) is 5.95 Å². The summed E-state index contributed by atoms with van der Waals surface area (Å²) >= 11 is 0. The normalized spacial score (nSPS) is 10.6. The lowest BCUT2D eigenvalue weighted by Crippen LogP contribution is -2.27. The van der Waals surface area contributed by atoms with Crippen molar-refractivity contribution in [3.63, 3.8) is 0 Å². The highest BCUT2D eigenvalue weighted by Gasteiger charge is 2.06. The fourth-order valence-electron chi connectivity index (χ4n) is 2.35. The number of nitrogens with zero attached hydrogens (tertiary/aromatic N) is 3. The Kier molecular flexibility index (Phi) is 7.82. The summed E-state index contributed by atoms with van der Waals surface area (Å²) < 4.78 is 5.14. The molecule has 7 heteroatoms. The van der Waals surface area contributed by atoms with Gasteiger partial charge >= 0.3 is 0 Å². The largest absolute Gasteiger partial charge is 0.497 e. The number of methoxy groups -OCH3 is 1. The number of amides is 1. The Hall–Kier alpha value is -2.67. The molecular weight excluding hydrogens is 330 g/mol. The van der Waals surface area contributed by atoms with Gasteiger partial charge in [-0.25, -0.2) is 9.97 Å². The number of carbonyl (C=O) groups excluding carboxylic acids is 1. The molecule has 0 radical (unpaired) electrons. The summed E-state index contributed by atoms with van der Waals surface area (Å²) in [6, 6.07) is 7.95. The van der Waals surface area contributed by atoms with Crippen molar-refractivity contribution in [1.82, 2.24) is 20.2 Å². The maximum atomic E-state index is 12.0. The molecule has 0 aliphatic heterocycles. The lowest BCUT2D eigenvalue weighted by molar-refractivity contribution is 0.0951. The minimum Gasteiger partial charge on any atom is -0.497 e. The first-order valence-corrected chi connectivity index (χ1v) is 8.70. The van der Waals surface area contributed by atoms with Crippen LogP contribution in [-0.2, 0) is 6.42 Å². The molecule has 0 aliphatic rings. The van der Waals surface area contributed by atoms with Crippen LogP contribution < -0.4 is 15.4 Å². The van der Waals surface area contributed by atoms with Gasteiger partial charge < -0.3 is 20.3 Å². The van der Waals surface area contributed by atoms with Crippen LogP contribution in [0.25, 0.3) is 0 Å². The highest BCUT2D eigenvalue weighted by atomic mass is 16.5. The van der Waals surface area contributed by atoms with Crippen molar-refractivity contribution < 1.29 is 9.53 Å². The molecule has 0 bridgehead atoms. The number of carbonyl (C=O) groups is 1. The Morgan fingerprint density at radius 1 is 1.12 bits per heavy atom. The smallest absolute Gasteiger partial charge is 0.254 e. The lowest BCUT2D eigenvalue weighted by Gasteiger charge is -2.10. The van der Waals surface area contributed by atoms with Crippen molar-refractivity contribution in [1.29, 1.82) is 0 Å². The molecule has 0 saturated carbocycles. The second-order valence-corrected chi connectivity index (χ2v) is 6.23. The molecule has 0 fully saturated rings. The van der Waals surface area contributed by atoms with Crippen molar-refractivity contribution in [2.45, 2.75) is 12.8 Å². The van der Waals surface area contributed by atoms with Crippen molar-refractivity contribution in [2.75, 3.05) is 46.2 Å². The Morgan fingerprint density at radius 2 is 1.81 bits per heavy atom. The maximum Gasteiger partial charge on any atom is 0.254 e. The second-order valence-electron chi connectivity index (χ2n) is 6.23. The van der Waals surface area contributed by atoms with Gasteiger partial charge in [0.15, 0.2) is 0 Å². The minimum absolute atomic E-state index is 0.145. The average molecular weight is 357 g/mol. The molecular formula is C19H27N5O2. The van der Waals surface area contributed by atoms with E-state index in [-0.39, 0.29) is 5.91 Å². The maximum absolute atomic E-state index is 12.0. The third-order valence-electron chi connectivity index (χ3n) is 3.84. The first kappa shape index (κ1) is 19.7. The zero-order valence-electron chi connectivity index (χ0n) is 15.7. The van der Waals surface area contributed by atoms with Gasteiger partial charge in [-0.2, -0.15) is 0 Å². The Labute approximate surface area is 154 Å². The van der Waals surface area contributed by atoms with E-state index < -0.39 is 0 Å². The number of hydrogen-bond donors (Lipinski definition) is 2. The third-order valence-corrected chi connectivity index (χ3v) is 3.84.